The highest BCUT2D eigenvalue weighted by atomic mass is 35.5. The molecule has 0 saturated carbocycles. The summed E-state index contributed by atoms with van der Waals surface area (Å²) in [4.78, 5) is 12.3. The summed E-state index contributed by atoms with van der Waals surface area (Å²) >= 11 is 17.8. The molecule has 41 heavy (non-hydrogen) atoms. The van der Waals surface area contributed by atoms with E-state index in [2.05, 4.69) is 10.6 Å². The topological polar surface area (TPSA) is 114 Å². The molecule has 0 radical (unpaired) electrons. The average Bonchev–Trinajstić information content (AvgIpc) is 2.86. The van der Waals surface area contributed by atoms with Gasteiger partial charge in [-0.25, -0.2) is 4.79 Å². The first-order valence-electron chi connectivity index (χ1n) is 11.2. The van der Waals surface area contributed by atoms with Crippen molar-refractivity contribution in [3.63, 3.8) is 0 Å². The monoisotopic (exact) mass is 646 g/mol. The van der Waals surface area contributed by atoms with Crippen molar-refractivity contribution in [2.75, 3.05) is 10.6 Å². The number of carbonyl (C=O) groups excluding carboxylic acids is 1. The van der Waals surface area contributed by atoms with Gasteiger partial charge in [0.2, 0.25) is 0 Å². The molecule has 4 aromatic rings. The number of halogens is 6. The van der Waals surface area contributed by atoms with Crippen LogP contribution in [0.1, 0.15) is 5.56 Å². The minimum Gasteiger partial charge on any atom is -0.455 e. The third-order valence-corrected chi connectivity index (χ3v) is 6.75. The van der Waals surface area contributed by atoms with Gasteiger partial charge in [0.25, 0.3) is 10.1 Å². The molecule has 0 atom stereocenters. The molecule has 214 valence electrons. The summed E-state index contributed by atoms with van der Waals surface area (Å²) in [7, 11) is -4.76. The van der Waals surface area contributed by atoms with Crippen molar-refractivity contribution in [3.05, 3.63) is 99.5 Å². The Balaban J connectivity index is 1.64. The molecule has 0 aliphatic heterocycles. The second-order valence-electron chi connectivity index (χ2n) is 8.16. The fourth-order valence-corrected chi connectivity index (χ4v) is 4.63. The Bertz CT molecular complexity index is 1740. The predicted octanol–water partition coefficient (Wildman–Crippen LogP) is 9.14. The van der Waals surface area contributed by atoms with E-state index in [1.54, 1.807) is 12.1 Å². The molecule has 0 spiro atoms. The number of nitrogens with one attached hydrogen (secondary N) is 2. The van der Waals surface area contributed by atoms with Gasteiger partial charge in [0.05, 0.1) is 16.9 Å². The lowest BCUT2D eigenvalue weighted by Crippen LogP contribution is -2.20. The molecule has 0 aliphatic carbocycles. The summed E-state index contributed by atoms with van der Waals surface area (Å²) in [6.07, 6.45) is -4.72. The minimum absolute atomic E-state index is 0.00399. The van der Waals surface area contributed by atoms with Crippen molar-refractivity contribution < 1.29 is 40.4 Å². The molecule has 4 rings (SSSR count). The second-order valence-corrected chi connectivity index (χ2v) is 10.9. The van der Waals surface area contributed by atoms with Gasteiger partial charge in [0.1, 0.15) is 16.4 Å². The molecular formula is C26H16Cl3F3N2O6S. The van der Waals surface area contributed by atoms with Crippen molar-refractivity contribution in [2.24, 2.45) is 0 Å². The number of amides is 2. The molecule has 0 aliphatic rings. The summed E-state index contributed by atoms with van der Waals surface area (Å²) in [6, 6.07) is 14.9. The van der Waals surface area contributed by atoms with E-state index in [-0.39, 0.29) is 44.4 Å². The zero-order valence-corrected chi connectivity index (χ0v) is 23.3. The molecule has 15 heteroatoms. The number of anilines is 2. The van der Waals surface area contributed by atoms with E-state index >= 15 is 0 Å². The van der Waals surface area contributed by atoms with E-state index in [0.29, 0.717) is 11.1 Å². The number of benzene rings is 4. The first-order chi connectivity index (χ1) is 19.2. The lowest BCUT2D eigenvalue weighted by Gasteiger charge is -2.17. The molecule has 2 amide bonds. The lowest BCUT2D eigenvalue weighted by molar-refractivity contribution is -0.137. The van der Waals surface area contributed by atoms with Crippen molar-refractivity contribution >= 4 is 62.3 Å². The van der Waals surface area contributed by atoms with Gasteiger partial charge in [-0.3, -0.25) is 4.55 Å². The molecular weight excluding hydrogens is 632 g/mol. The highest BCUT2D eigenvalue weighted by Crippen LogP contribution is 2.39. The fraction of sp³-hybridized carbons (Fsp3) is 0.0385. The van der Waals surface area contributed by atoms with Crippen LogP contribution in [-0.4, -0.2) is 19.0 Å². The Morgan fingerprint density at radius 3 is 1.93 bits per heavy atom. The maximum absolute atomic E-state index is 13.4. The maximum Gasteiger partial charge on any atom is 0.416 e. The van der Waals surface area contributed by atoms with E-state index in [0.717, 1.165) is 18.2 Å². The third-order valence-electron chi connectivity index (χ3n) is 5.17. The summed E-state index contributed by atoms with van der Waals surface area (Å²) in [5.41, 5.74) is -1.50. The van der Waals surface area contributed by atoms with Gasteiger partial charge in [-0.1, -0.05) is 40.9 Å². The van der Waals surface area contributed by atoms with Crippen LogP contribution in [0.5, 0.6) is 23.0 Å². The van der Waals surface area contributed by atoms with Gasteiger partial charge in [0, 0.05) is 15.1 Å². The molecule has 0 unspecified atom stereocenters. The lowest BCUT2D eigenvalue weighted by atomic mass is 10.1. The molecule has 0 fully saturated rings. The van der Waals surface area contributed by atoms with Crippen molar-refractivity contribution in [3.8, 4) is 23.0 Å². The van der Waals surface area contributed by atoms with Gasteiger partial charge >= 0.3 is 12.2 Å². The molecule has 0 bridgehead atoms. The zero-order chi connectivity index (χ0) is 29.9. The first-order valence-corrected chi connectivity index (χ1v) is 13.7. The standard InChI is InChI=1S/C26H16Cl3F3N2O6S/c27-15-2-1-3-18(11-15)39-21-7-4-14(26(30,31)32)10-19(21)33-25(35)34-20-12-16(28)5-8-22(20)40-23-9-6-17(29)13-24(23)41(36,37)38/h1-13H,(H2,33,34,35)(H,36,37,38). The van der Waals surface area contributed by atoms with Crippen LogP contribution in [-0.2, 0) is 16.3 Å². The van der Waals surface area contributed by atoms with Crippen LogP contribution in [0.3, 0.4) is 0 Å². The summed E-state index contributed by atoms with van der Waals surface area (Å²) in [5.74, 6) is -0.394. The predicted molar refractivity (Wildman–Crippen MR) is 148 cm³/mol. The SMILES string of the molecule is O=C(Nc1cc(C(F)(F)F)ccc1Oc1cccc(Cl)c1)Nc1cc(Cl)ccc1Oc1ccc(Cl)cc1S(=O)(=O)O. The van der Waals surface area contributed by atoms with Crippen molar-refractivity contribution in [1.29, 1.82) is 0 Å². The van der Waals surface area contributed by atoms with Gasteiger partial charge in [-0.15, -0.1) is 0 Å². The minimum atomic E-state index is -4.76. The molecule has 3 N–H and O–H groups in total. The van der Waals surface area contributed by atoms with Crippen molar-refractivity contribution in [1.82, 2.24) is 0 Å². The molecule has 0 aromatic heterocycles. The van der Waals surface area contributed by atoms with E-state index in [1.807, 2.05) is 0 Å². The molecule has 8 nitrogen and oxygen atoms in total. The van der Waals surface area contributed by atoms with E-state index in [1.165, 1.54) is 42.5 Å². The number of hydrogen-bond donors (Lipinski definition) is 3. The average molecular weight is 648 g/mol. The van der Waals surface area contributed by atoms with Crippen LogP contribution in [0.2, 0.25) is 15.1 Å². The summed E-state index contributed by atoms with van der Waals surface area (Å²) in [6.45, 7) is 0. The highest BCUT2D eigenvalue weighted by molar-refractivity contribution is 7.86. The zero-order valence-electron chi connectivity index (χ0n) is 20.2. The molecule has 0 heterocycles. The number of hydrogen-bond acceptors (Lipinski definition) is 5. The fourth-order valence-electron chi connectivity index (χ4n) is 3.40. The molecule has 4 aromatic carbocycles. The molecule has 0 saturated heterocycles. The van der Waals surface area contributed by atoms with Gasteiger partial charge < -0.3 is 20.1 Å². The third kappa shape index (κ3) is 7.96. The van der Waals surface area contributed by atoms with Crippen molar-refractivity contribution in [2.45, 2.75) is 11.1 Å². The number of alkyl halides is 3. The normalized spacial score (nSPS) is 11.6. The van der Waals surface area contributed by atoms with Gasteiger partial charge in [0.15, 0.2) is 11.5 Å². The Morgan fingerprint density at radius 2 is 1.29 bits per heavy atom. The van der Waals surface area contributed by atoms with Crippen LogP contribution < -0.4 is 20.1 Å². The Hall–Kier alpha value is -3.68. The number of urea groups is 1. The quantitative estimate of drug-likeness (QED) is 0.172. The van der Waals surface area contributed by atoms with Crippen LogP contribution in [0, 0.1) is 0 Å². The number of ether oxygens (including phenoxy) is 2. The van der Waals surface area contributed by atoms with E-state index < -0.39 is 32.8 Å². The van der Waals surface area contributed by atoms with Crippen LogP contribution in [0.4, 0.5) is 29.3 Å². The summed E-state index contributed by atoms with van der Waals surface area (Å²) < 4.78 is 84.7. The number of carbonyl (C=O) groups is 1. The Morgan fingerprint density at radius 1 is 0.732 bits per heavy atom. The van der Waals surface area contributed by atoms with E-state index in [9.17, 15) is 30.9 Å². The maximum atomic E-state index is 13.4. The van der Waals surface area contributed by atoms with Gasteiger partial charge in [-0.05, 0) is 72.8 Å². The Labute approximate surface area is 246 Å². The summed E-state index contributed by atoms with van der Waals surface area (Å²) in [5, 5.41) is 5.13. The van der Waals surface area contributed by atoms with Crippen LogP contribution >= 0.6 is 34.8 Å². The first kappa shape index (κ1) is 30.3. The van der Waals surface area contributed by atoms with Crippen LogP contribution in [0.15, 0.2) is 83.8 Å². The largest absolute Gasteiger partial charge is 0.455 e. The number of rotatable bonds is 7. The van der Waals surface area contributed by atoms with Gasteiger partial charge in [-0.2, -0.15) is 21.6 Å². The second kappa shape index (κ2) is 12.0. The smallest absolute Gasteiger partial charge is 0.416 e. The Kier molecular flexibility index (Phi) is 8.90. The highest BCUT2D eigenvalue weighted by Gasteiger charge is 2.31. The van der Waals surface area contributed by atoms with E-state index in [4.69, 9.17) is 44.3 Å². The van der Waals surface area contributed by atoms with Crippen LogP contribution in [0.25, 0.3) is 0 Å².